The van der Waals surface area contributed by atoms with E-state index in [1.54, 1.807) is 0 Å². The molecule has 0 bridgehead atoms. The first-order valence-electron chi connectivity index (χ1n) is 9.82. The summed E-state index contributed by atoms with van der Waals surface area (Å²) in [5.41, 5.74) is 3.98. The van der Waals surface area contributed by atoms with Crippen LogP contribution in [0.4, 0.5) is 4.39 Å². The molecule has 0 spiro atoms. The fourth-order valence-corrected chi connectivity index (χ4v) is 4.16. The number of rotatable bonds is 7. The standard InChI is InChI=1S/C24H28BrF/c25-24-16-14-23(15-17-24)22-12-10-21(11-13-22)9-8-20-6-4-19(5-7-20)3-1-2-18-26/h1,3,10-17,19-20H,2,4-9,18H2/t19-,20-. The van der Waals surface area contributed by atoms with Gasteiger partial charge >= 0.3 is 0 Å². The van der Waals surface area contributed by atoms with Crippen molar-refractivity contribution in [2.45, 2.75) is 44.9 Å². The maximum Gasteiger partial charge on any atom is 0.0928 e. The number of aryl methyl sites for hydroxylation is 1. The molecule has 26 heavy (non-hydrogen) atoms. The molecule has 0 atom stereocenters. The molecule has 138 valence electrons. The Balaban J connectivity index is 1.45. The quantitative estimate of drug-likeness (QED) is 0.405. The van der Waals surface area contributed by atoms with Gasteiger partial charge in [-0.15, -0.1) is 0 Å². The van der Waals surface area contributed by atoms with Gasteiger partial charge in [-0.25, -0.2) is 0 Å². The first-order valence-corrected chi connectivity index (χ1v) is 10.6. The van der Waals surface area contributed by atoms with E-state index in [0.29, 0.717) is 12.3 Å². The summed E-state index contributed by atoms with van der Waals surface area (Å²) in [5.74, 6) is 1.54. The Kier molecular flexibility index (Phi) is 7.49. The highest BCUT2D eigenvalue weighted by molar-refractivity contribution is 9.10. The van der Waals surface area contributed by atoms with E-state index in [1.165, 1.54) is 55.2 Å². The minimum absolute atomic E-state index is 0.230. The predicted octanol–water partition coefficient (Wildman–Crippen LogP) is 7.77. The van der Waals surface area contributed by atoms with E-state index in [-0.39, 0.29) is 6.67 Å². The number of alkyl halides is 1. The molecule has 0 N–H and O–H groups in total. The first-order chi connectivity index (χ1) is 12.7. The van der Waals surface area contributed by atoms with Crippen molar-refractivity contribution in [3.8, 4) is 11.1 Å². The summed E-state index contributed by atoms with van der Waals surface area (Å²) in [4.78, 5) is 0. The molecule has 0 aliphatic heterocycles. The zero-order valence-electron chi connectivity index (χ0n) is 15.3. The molecule has 2 aromatic carbocycles. The fraction of sp³-hybridized carbons (Fsp3) is 0.417. The Morgan fingerprint density at radius 3 is 2.12 bits per heavy atom. The van der Waals surface area contributed by atoms with Gasteiger partial charge in [0, 0.05) is 4.47 Å². The number of hydrogen-bond acceptors (Lipinski definition) is 0. The molecule has 0 aromatic heterocycles. The number of allylic oxidation sites excluding steroid dienone is 2. The number of benzene rings is 2. The lowest BCUT2D eigenvalue weighted by Gasteiger charge is -2.26. The maximum absolute atomic E-state index is 12.2. The van der Waals surface area contributed by atoms with Gasteiger partial charge in [0.15, 0.2) is 0 Å². The molecule has 0 nitrogen and oxygen atoms in total. The monoisotopic (exact) mass is 414 g/mol. The molecule has 0 radical (unpaired) electrons. The molecule has 1 saturated carbocycles. The van der Waals surface area contributed by atoms with E-state index in [4.69, 9.17) is 0 Å². The van der Waals surface area contributed by atoms with Crippen molar-refractivity contribution >= 4 is 15.9 Å². The van der Waals surface area contributed by atoms with Crippen molar-refractivity contribution in [2.24, 2.45) is 11.8 Å². The molecule has 3 rings (SSSR count). The molecule has 0 amide bonds. The van der Waals surface area contributed by atoms with Crippen LogP contribution >= 0.6 is 15.9 Å². The van der Waals surface area contributed by atoms with Crippen molar-refractivity contribution in [1.82, 2.24) is 0 Å². The molecular weight excluding hydrogens is 387 g/mol. The highest BCUT2D eigenvalue weighted by Gasteiger charge is 2.19. The maximum atomic E-state index is 12.2. The van der Waals surface area contributed by atoms with Gasteiger partial charge in [0.1, 0.15) is 0 Å². The Morgan fingerprint density at radius 1 is 0.885 bits per heavy atom. The summed E-state index contributed by atoms with van der Waals surface area (Å²) in [6.07, 6.45) is 12.5. The van der Waals surface area contributed by atoms with Crippen LogP contribution in [0.25, 0.3) is 11.1 Å². The topological polar surface area (TPSA) is 0 Å². The van der Waals surface area contributed by atoms with Crippen LogP contribution in [-0.2, 0) is 6.42 Å². The van der Waals surface area contributed by atoms with Gasteiger partial charge in [-0.2, -0.15) is 0 Å². The molecule has 0 heterocycles. The van der Waals surface area contributed by atoms with Crippen LogP contribution in [0.1, 0.15) is 44.1 Å². The van der Waals surface area contributed by atoms with Crippen LogP contribution in [0.2, 0.25) is 0 Å². The normalized spacial score (nSPS) is 20.5. The Labute approximate surface area is 165 Å². The third-order valence-electron chi connectivity index (χ3n) is 5.55. The lowest BCUT2D eigenvalue weighted by molar-refractivity contribution is 0.296. The average Bonchev–Trinajstić information content (AvgIpc) is 2.69. The second kappa shape index (κ2) is 10.1. The lowest BCUT2D eigenvalue weighted by atomic mass is 9.79. The molecule has 2 aromatic rings. The van der Waals surface area contributed by atoms with E-state index in [0.717, 1.165) is 10.4 Å². The number of halogens is 2. The zero-order valence-corrected chi connectivity index (χ0v) is 16.9. The molecule has 0 unspecified atom stereocenters. The summed E-state index contributed by atoms with van der Waals surface area (Å²) in [7, 11) is 0. The van der Waals surface area contributed by atoms with Crippen LogP contribution in [0.5, 0.6) is 0 Å². The minimum atomic E-state index is -0.230. The van der Waals surface area contributed by atoms with Gasteiger partial charge in [-0.3, -0.25) is 4.39 Å². The summed E-state index contributed by atoms with van der Waals surface area (Å²) in [5, 5.41) is 0. The molecule has 2 heteroatoms. The fourth-order valence-electron chi connectivity index (χ4n) is 3.90. The van der Waals surface area contributed by atoms with Crippen molar-refractivity contribution < 1.29 is 4.39 Å². The molecule has 1 aliphatic rings. The Morgan fingerprint density at radius 2 is 1.50 bits per heavy atom. The Bertz CT molecular complexity index is 679. The van der Waals surface area contributed by atoms with E-state index >= 15 is 0 Å². The smallest absolute Gasteiger partial charge is 0.0928 e. The average molecular weight is 415 g/mol. The third-order valence-corrected chi connectivity index (χ3v) is 6.08. The molecular formula is C24H28BrF. The van der Waals surface area contributed by atoms with E-state index in [9.17, 15) is 4.39 Å². The van der Waals surface area contributed by atoms with Gasteiger partial charge in [-0.05, 0) is 85.6 Å². The number of hydrogen-bond donors (Lipinski definition) is 0. The van der Waals surface area contributed by atoms with Gasteiger partial charge < -0.3 is 0 Å². The second-order valence-electron chi connectivity index (χ2n) is 7.43. The van der Waals surface area contributed by atoms with E-state index in [1.807, 2.05) is 6.08 Å². The van der Waals surface area contributed by atoms with Crippen molar-refractivity contribution in [1.29, 1.82) is 0 Å². The van der Waals surface area contributed by atoms with Gasteiger partial charge in [0.2, 0.25) is 0 Å². The highest BCUT2D eigenvalue weighted by Crippen LogP contribution is 2.32. The SMILES string of the molecule is FCCC=C[C@H]1CC[C@H](CCc2ccc(-c3ccc(Br)cc3)cc2)CC1. The molecule has 0 saturated heterocycles. The first kappa shape index (κ1) is 19.4. The van der Waals surface area contributed by atoms with Crippen LogP contribution in [0.3, 0.4) is 0 Å². The summed E-state index contributed by atoms with van der Waals surface area (Å²) in [6.45, 7) is -0.230. The van der Waals surface area contributed by atoms with Crippen molar-refractivity contribution in [3.63, 3.8) is 0 Å². The lowest BCUT2D eigenvalue weighted by Crippen LogP contribution is -2.13. The van der Waals surface area contributed by atoms with Gasteiger partial charge in [0.25, 0.3) is 0 Å². The summed E-state index contributed by atoms with van der Waals surface area (Å²) in [6, 6.07) is 17.5. The van der Waals surface area contributed by atoms with Crippen LogP contribution < -0.4 is 0 Å². The van der Waals surface area contributed by atoms with Crippen LogP contribution in [-0.4, -0.2) is 6.67 Å². The van der Waals surface area contributed by atoms with Crippen LogP contribution in [0, 0.1) is 11.8 Å². The largest absolute Gasteiger partial charge is 0.251 e. The minimum Gasteiger partial charge on any atom is -0.251 e. The van der Waals surface area contributed by atoms with Crippen molar-refractivity contribution in [2.75, 3.05) is 6.67 Å². The van der Waals surface area contributed by atoms with E-state index < -0.39 is 0 Å². The van der Waals surface area contributed by atoms with Gasteiger partial charge in [-0.1, -0.05) is 64.5 Å². The van der Waals surface area contributed by atoms with E-state index in [2.05, 4.69) is 70.5 Å². The third kappa shape index (κ3) is 5.81. The Hall–Kier alpha value is -1.41. The predicted molar refractivity (Wildman–Crippen MR) is 113 cm³/mol. The highest BCUT2D eigenvalue weighted by atomic mass is 79.9. The second-order valence-corrected chi connectivity index (χ2v) is 8.34. The van der Waals surface area contributed by atoms with Gasteiger partial charge in [0.05, 0.1) is 6.67 Å². The zero-order chi connectivity index (χ0) is 18.2. The summed E-state index contributed by atoms with van der Waals surface area (Å²) >= 11 is 3.49. The van der Waals surface area contributed by atoms with Crippen LogP contribution in [0.15, 0.2) is 65.2 Å². The molecule has 1 fully saturated rings. The van der Waals surface area contributed by atoms with Crippen molar-refractivity contribution in [3.05, 3.63) is 70.7 Å². The molecule has 1 aliphatic carbocycles. The summed E-state index contributed by atoms with van der Waals surface area (Å²) < 4.78 is 13.3.